The van der Waals surface area contributed by atoms with E-state index in [-0.39, 0.29) is 5.82 Å². The van der Waals surface area contributed by atoms with Crippen molar-refractivity contribution in [1.82, 2.24) is 14.8 Å². The Morgan fingerprint density at radius 1 is 1.08 bits per heavy atom. The highest BCUT2D eigenvalue weighted by molar-refractivity contribution is 5.59. The molecule has 0 bridgehead atoms. The third kappa shape index (κ3) is 4.60. The summed E-state index contributed by atoms with van der Waals surface area (Å²) in [5, 5.41) is 0. The molecular formula is C19H24FN3O. The lowest BCUT2D eigenvalue weighted by Gasteiger charge is -2.34. The van der Waals surface area contributed by atoms with Gasteiger partial charge in [0.05, 0.1) is 12.3 Å². The minimum atomic E-state index is -0.202. The van der Waals surface area contributed by atoms with E-state index in [1.165, 1.54) is 0 Å². The van der Waals surface area contributed by atoms with Crippen LogP contribution >= 0.6 is 0 Å². The first-order valence-electron chi connectivity index (χ1n) is 8.39. The maximum Gasteiger partial charge on any atom is 0.124 e. The van der Waals surface area contributed by atoms with Gasteiger partial charge in [0, 0.05) is 58.1 Å². The van der Waals surface area contributed by atoms with Gasteiger partial charge < -0.3 is 4.74 Å². The molecule has 0 radical (unpaired) electrons. The van der Waals surface area contributed by atoms with E-state index in [0.29, 0.717) is 0 Å². The molecule has 2 aromatic rings. The van der Waals surface area contributed by atoms with Gasteiger partial charge in [-0.15, -0.1) is 0 Å². The lowest BCUT2D eigenvalue weighted by atomic mass is 10.1. The molecule has 0 saturated carbocycles. The van der Waals surface area contributed by atoms with Crippen LogP contribution in [-0.2, 0) is 11.3 Å². The van der Waals surface area contributed by atoms with Crippen molar-refractivity contribution in [1.29, 1.82) is 0 Å². The molecule has 1 aromatic heterocycles. The summed E-state index contributed by atoms with van der Waals surface area (Å²) in [5.41, 5.74) is 2.65. The zero-order chi connectivity index (χ0) is 16.8. The lowest BCUT2D eigenvalue weighted by molar-refractivity contribution is 0.0938. The number of rotatable bonds is 6. The van der Waals surface area contributed by atoms with Crippen molar-refractivity contribution in [2.24, 2.45) is 0 Å². The Hall–Kier alpha value is -1.82. The van der Waals surface area contributed by atoms with E-state index in [1.54, 1.807) is 25.4 Å². The molecular weight excluding hydrogens is 305 g/mol. The highest BCUT2D eigenvalue weighted by Gasteiger charge is 2.17. The van der Waals surface area contributed by atoms with E-state index in [4.69, 9.17) is 4.74 Å². The molecule has 1 saturated heterocycles. The second-order valence-corrected chi connectivity index (χ2v) is 6.17. The normalized spacial score (nSPS) is 16.4. The molecule has 0 atom stereocenters. The third-order valence-electron chi connectivity index (χ3n) is 4.40. The number of halogens is 1. The van der Waals surface area contributed by atoms with Gasteiger partial charge in [-0.05, 0) is 35.9 Å². The summed E-state index contributed by atoms with van der Waals surface area (Å²) in [5.74, 6) is -0.202. The molecule has 2 heterocycles. The molecule has 1 aromatic carbocycles. The van der Waals surface area contributed by atoms with Crippen LogP contribution in [0.1, 0.15) is 5.56 Å². The van der Waals surface area contributed by atoms with Crippen LogP contribution in [0.15, 0.2) is 42.6 Å². The lowest BCUT2D eigenvalue weighted by Crippen LogP contribution is -2.46. The Kier molecular flexibility index (Phi) is 5.91. The van der Waals surface area contributed by atoms with Crippen molar-refractivity contribution < 1.29 is 9.13 Å². The monoisotopic (exact) mass is 329 g/mol. The molecule has 3 rings (SSSR count). The van der Waals surface area contributed by atoms with Crippen LogP contribution in [0.5, 0.6) is 0 Å². The van der Waals surface area contributed by atoms with Gasteiger partial charge in [0.2, 0.25) is 0 Å². The molecule has 1 fully saturated rings. The third-order valence-corrected chi connectivity index (χ3v) is 4.40. The molecule has 0 amide bonds. The van der Waals surface area contributed by atoms with Crippen molar-refractivity contribution in [2.45, 2.75) is 6.54 Å². The molecule has 1 aliphatic rings. The number of ether oxygens (including phenoxy) is 1. The molecule has 128 valence electrons. The number of hydrogen-bond acceptors (Lipinski definition) is 4. The summed E-state index contributed by atoms with van der Waals surface area (Å²) >= 11 is 0. The Morgan fingerprint density at radius 2 is 1.88 bits per heavy atom. The van der Waals surface area contributed by atoms with Crippen LogP contribution in [0.25, 0.3) is 11.3 Å². The summed E-state index contributed by atoms with van der Waals surface area (Å²) in [7, 11) is 1.74. The van der Waals surface area contributed by atoms with E-state index in [0.717, 1.165) is 62.7 Å². The van der Waals surface area contributed by atoms with Crippen LogP contribution in [0.2, 0.25) is 0 Å². The number of piperazine rings is 1. The highest BCUT2D eigenvalue weighted by Crippen LogP contribution is 2.21. The minimum absolute atomic E-state index is 0.202. The second kappa shape index (κ2) is 8.33. The smallest absolute Gasteiger partial charge is 0.124 e. The summed E-state index contributed by atoms with van der Waals surface area (Å²) in [6.07, 6.45) is 1.74. The van der Waals surface area contributed by atoms with Gasteiger partial charge in [0.15, 0.2) is 0 Å². The predicted octanol–water partition coefficient (Wildman–Crippen LogP) is 2.65. The summed E-state index contributed by atoms with van der Waals surface area (Å²) in [6, 6.07) is 10.9. The largest absolute Gasteiger partial charge is 0.383 e. The van der Waals surface area contributed by atoms with Gasteiger partial charge in [-0.3, -0.25) is 14.8 Å². The average molecular weight is 329 g/mol. The van der Waals surface area contributed by atoms with Crippen molar-refractivity contribution >= 4 is 0 Å². The Balaban J connectivity index is 1.63. The zero-order valence-electron chi connectivity index (χ0n) is 14.1. The Morgan fingerprint density at radius 3 is 2.58 bits per heavy atom. The van der Waals surface area contributed by atoms with E-state index < -0.39 is 0 Å². The van der Waals surface area contributed by atoms with Crippen LogP contribution in [0.4, 0.5) is 4.39 Å². The first-order chi connectivity index (χ1) is 11.7. The van der Waals surface area contributed by atoms with Crippen molar-refractivity contribution in [3.8, 4) is 11.3 Å². The number of pyridine rings is 1. The van der Waals surface area contributed by atoms with Crippen LogP contribution in [0, 0.1) is 5.82 Å². The van der Waals surface area contributed by atoms with Gasteiger partial charge in [0.25, 0.3) is 0 Å². The minimum Gasteiger partial charge on any atom is -0.383 e. The average Bonchev–Trinajstić information content (AvgIpc) is 2.61. The fourth-order valence-electron chi connectivity index (χ4n) is 3.07. The zero-order valence-corrected chi connectivity index (χ0v) is 14.1. The second-order valence-electron chi connectivity index (χ2n) is 6.17. The first-order valence-corrected chi connectivity index (χ1v) is 8.39. The van der Waals surface area contributed by atoms with Crippen LogP contribution in [-0.4, -0.2) is 61.2 Å². The molecule has 0 N–H and O–H groups in total. The van der Waals surface area contributed by atoms with E-state index in [1.807, 2.05) is 24.3 Å². The van der Waals surface area contributed by atoms with Gasteiger partial charge in [-0.2, -0.15) is 0 Å². The molecule has 0 spiro atoms. The van der Waals surface area contributed by atoms with E-state index in [2.05, 4.69) is 14.8 Å². The number of aromatic nitrogens is 1. The summed E-state index contributed by atoms with van der Waals surface area (Å²) in [4.78, 5) is 9.10. The van der Waals surface area contributed by atoms with Crippen molar-refractivity contribution in [3.05, 3.63) is 54.0 Å². The van der Waals surface area contributed by atoms with Crippen molar-refractivity contribution in [3.63, 3.8) is 0 Å². The topological polar surface area (TPSA) is 28.6 Å². The van der Waals surface area contributed by atoms with Gasteiger partial charge >= 0.3 is 0 Å². The molecule has 5 heteroatoms. The molecule has 1 aliphatic heterocycles. The fourth-order valence-corrected chi connectivity index (χ4v) is 3.07. The summed E-state index contributed by atoms with van der Waals surface area (Å²) < 4.78 is 19.1. The molecule has 24 heavy (non-hydrogen) atoms. The maximum absolute atomic E-state index is 14.0. The number of benzene rings is 1. The maximum atomic E-state index is 14.0. The highest BCUT2D eigenvalue weighted by atomic mass is 19.1. The van der Waals surface area contributed by atoms with Gasteiger partial charge in [0.1, 0.15) is 5.82 Å². The Labute approximate surface area is 142 Å². The number of methoxy groups -OCH3 is 1. The molecule has 0 aliphatic carbocycles. The molecule has 0 unspecified atom stereocenters. The van der Waals surface area contributed by atoms with Gasteiger partial charge in [-0.25, -0.2) is 4.39 Å². The fraction of sp³-hybridized carbons (Fsp3) is 0.421. The SMILES string of the molecule is COCCN1CCN(Cc2cc(F)cc(-c3ccccn3)c2)CC1. The number of nitrogens with zero attached hydrogens (tertiary/aromatic N) is 3. The van der Waals surface area contributed by atoms with Crippen molar-refractivity contribution in [2.75, 3.05) is 46.4 Å². The van der Waals surface area contributed by atoms with E-state index in [9.17, 15) is 4.39 Å². The quantitative estimate of drug-likeness (QED) is 0.815. The molecule has 4 nitrogen and oxygen atoms in total. The predicted molar refractivity (Wildman–Crippen MR) is 93.2 cm³/mol. The van der Waals surface area contributed by atoms with Crippen LogP contribution < -0.4 is 0 Å². The van der Waals surface area contributed by atoms with Gasteiger partial charge in [-0.1, -0.05) is 6.07 Å². The Bertz CT molecular complexity index is 642. The summed E-state index contributed by atoms with van der Waals surface area (Å²) in [6.45, 7) is 6.59. The van der Waals surface area contributed by atoms with Crippen LogP contribution in [0.3, 0.4) is 0 Å². The van der Waals surface area contributed by atoms with E-state index >= 15 is 0 Å². The standard InChI is InChI=1S/C19H24FN3O/c1-24-11-10-22-6-8-23(9-7-22)15-16-12-17(14-18(20)13-16)19-4-2-3-5-21-19/h2-5,12-14H,6-11,15H2,1H3. The first kappa shape index (κ1) is 17.0. The number of hydrogen-bond donors (Lipinski definition) is 0.